The van der Waals surface area contributed by atoms with E-state index >= 15 is 0 Å². The Kier molecular flexibility index (Phi) is 3.34. The normalized spacial score (nSPS) is 53.5. The molecule has 7 atom stereocenters. The first kappa shape index (κ1) is 16.3. The van der Waals surface area contributed by atoms with Crippen LogP contribution in [0.25, 0.3) is 0 Å². The van der Waals surface area contributed by atoms with Crippen LogP contribution < -0.4 is 0 Å². The third-order valence-corrected chi connectivity index (χ3v) is 8.35. The zero-order valence-electron chi connectivity index (χ0n) is 14.6. The quantitative estimate of drug-likeness (QED) is 0.670. The van der Waals surface area contributed by atoms with E-state index in [1.807, 2.05) is 19.1 Å². The number of fused-ring (bicyclic) bond motifs is 5. The van der Waals surface area contributed by atoms with E-state index in [1.165, 1.54) is 5.57 Å². The lowest BCUT2D eigenvalue weighted by Gasteiger charge is -2.58. The topological polar surface area (TPSA) is 81.3 Å². The molecular weight excluding hydrogens is 302 g/mol. The lowest BCUT2D eigenvalue weighted by atomic mass is 9.46. The Morgan fingerprint density at radius 2 is 1.96 bits per heavy atom. The molecule has 0 heterocycles. The molecule has 0 radical (unpaired) electrons. The summed E-state index contributed by atoms with van der Waals surface area (Å²) in [5.74, 6) is 1.37. The molecule has 3 saturated carbocycles. The maximum absolute atomic E-state index is 11.8. The Morgan fingerprint density at radius 1 is 1.21 bits per heavy atom. The van der Waals surface area contributed by atoms with Crippen LogP contribution in [0.3, 0.4) is 0 Å². The molecule has 0 aromatic rings. The molecule has 4 nitrogen and oxygen atoms in total. The number of carbonyl (C=O) groups excluding carboxylic acids is 1. The number of rotatable bonds is 0. The Morgan fingerprint density at radius 3 is 2.67 bits per heavy atom. The largest absolute Gasteiger partial charge is 0.389 e. The fourth-order valence-corrected chi connectivity index (χ4v) is 6.78. The van der Waals surface area contributed by atoms with E-state index in [2.05, 4.69) is 6.92 Å². The molecule has 24 heavy (non-hydrogen) atoms. The van der Waals surface area contributed by atoms with Gasteiger partial charge in [-0.05, 0) is 67.8 Å². The van der Waals surface area contributed by atoms with E-state index in [0.717, 1.165) is 32.1 Å². The smallest absolute Gasteiger partial charge is 0.182 e. The van der Waals surface area contributed by atoms with Gasteiger partial charge in [0.2, 0.25) is 0 Å². The lowest BCUT2D eigenvalue weighted by molar-refractivity contribution is -0.125. The van der Waals surface area contributed by atoms with E-state index in [1.54, 1.807) is 0 Å². The van der Waals surface area contributed by atoms with Crippen molar-refractivity contribution in [3.63, 3.8) is 0 Å². The van der Waals surface area contributed by atoms with Crippen molar-refractivity contribution < 1.29 is 15.0 Å². The van der Waals surface area contributed by atoms with Crippen molar-refractivity contribution in [2.24, 2.45) is 28.6 Å². The second-order valence-corrected chi connectivity index (χ2v) is 9.05. The maximum atomic E-state index is 11.8. The van der Waals surface area contributed by atoms with Gasteiger partial charge in [-0.1, -0.05) is 19.4 Å². The van der Waals surface area contributed by atoms with Gasteiger partial charge in [0.05, 0.1) is 6.10 Å². The molecule has 0 saturated heterocycles. The SMILES string of the molecule is C[C@]12CCC(=O)C=C1CC[C@H]1[C@H]3C[C@@H](O)[C@](O)(C#N)[C@@]3(C)CC[C@@H]12. The summed E-state index contributed by atoms with van der Waals surface area (Å²) in [6.07, 6.45) is 6.72. The zero-order chi connectivity index (χ0) is 17.3. The predicted octanol–water partition coefficient (Wildman–Crippen LogP) is 2.74. The van der Waals surface area contributed by atoms with Crippen LogP contribution in [0, 0.1) is 39.9 Å². The summed E-state index contributed by atoms with van der Waals surface area (Å²) in [4.78, 5) is 11.8. The van der Waals surface area contributed by atoms with Crippen LogP contribution >= 0.6 is 0 Å². The van der Waals surface area contributed by atoms with Crippen LogP contribution in [0.4, 0.5) is 0 Å². The fraction of sp³-hybridized carbons (Fsp3) is 0.800. The number of carbonyl (C=O) groups is 1. The monoisotopic (exact) mass is 329 g/mol. The molecule has 4 heteroatoms. The molecule has 0 aromatic heterocycles. The van der Waals surface area contributed by atoms with Crippen LogP contribution in [0.15, 0.2) is 11.6 Å². The van der Waals surface area contributed by atoms with E-state index < -0.39 is 17.1 Å². The summed E-state index contributed by atoms with van der Waals surface area (Å²) in [7, 11) is 0. The predicted molar refractivity (Wildman–Crippen MR) is 88.7 cm³/mol. The highest BCUT2D eigenvalue weighted by Crippen LogP contribution is 2.67. The Hall–Kier alpha value is -1.18. The zero-order valence-corrected chi connectivity index (χ0v) is 14.6. The molecule has 0 unspecified atom stereocenters. The minimum atomic E-state index is -1.62. The van der Waals surface area contributed by atoms with Crippen molar-refractivity contribution in [2.45, 2.75) is 70.5 Å². The van der Waals surface area contributed by atoms with Gasteiger partial charge < -0.3 is 10.2 Å². The number of hydrogen-bond acceptors (Lipinski definition) is 4. The van der Waals surface area contributed by atoms with Gasteiger partial charge in [-0.3, -0.25) is 4.79 Å². The van der Waals surface area contributed by atoms with Crippen LogP contribution in [0.5, 0.6) is 0 Å². The standard InChI is InChI=1S/C20H27NO3/c1-18-7-5-13(22)9-12(18)3-4-14-15(18)6-8-19(2)16(14)10-17(23)20(19,24)11-21/h9,14-17,23-24H,3-8,10H2,1-2H3/t14-,15+,16-,17-,18+,19+,20-/m1/s1. The highest BCUT2D eigenvalue weighted by molar-refractivity contribution is 5.91. The van der Waals surface area contributed by atoms with Crippen LogP contribution in [-0.4, -0.2) is 27.7 Å². The molecule has 0 bridgehead atoms. The lowest BCUT2D eigenvalue weighted by Crippen LogP contribution is -2.56. The van der Waals surface area contributed by atoms with Crippen molar-refractivity contribution in [2.75, 3.05) is 0 Å². The van der Waals surface area contributed by atoms with Crippen molar-refractivity contribution in [3.8, 4) is 6.07 Å². The second kappa shape index (κ2) is 4.93. The van der Waals surface area contributed by atoms with Crippen molar-refractivity contribution in [1.29, 1.82) is 5.26 Å². The Bertz CT molecular complexity index is 664. The molecule has 4 aliphatic carbocycles. The van der Waals surface area contributed by atoms with E-state index in [4.69, 9.17) is 0 Å². The first-order valence-electron chi connectivity index (χ1n) is 9.32. The average molecular weight is 329 g/mol. The van der Waals surface area contributed by atoms with Crippen LogP contribution in [0.1, 0.15) is 58.8 Å². The fourth-order valence-electron chi connectivity index (χ4n) is 6.78. The molecule has 2 N–H and O–H groups in total. The Balaban J connectivity index is 1.72. The first-order chi connectivity index (χ1) is 11.3. The number of allylic oxidation sites excluding steroid dienone is 1. The van der Waals surface area contributed by atoms with Crippen molar-refractivity contribution in [1.82, 2.24) is 0 Å². The number of hydrogen-bond donors (Lipinski definition) is 2. The number of aliphatic hydroxyl groups is 2. The van der Waals surface area contributed by atoms with Gasteiger partial charge in [0, 0.05) is 11.8 Å². The summed E-state index contributed by atoms with van der Waals surface area (Å²) < 4.78 is 0. The van der Waals surface area contributed by atoms with Gasteiger partial charge in [-0.25, -0.2) is 0 Å². The molecule has 4 aliphatic rings. The van der Waals surface area contributed by atoms with Crippen molar-refractivity contribution in [3.05, 3.63) is 11.6 Å². The number of nitrogens with zero attached hydrogens (tertiary/aromatic N) is 1. The second-order valence-electron chi connectivity index (χ2n) is 9.05. The molecule has 3 fully saturated rings. The van der Waals surface area contributed by atoms with Gasteiger partial charge in [0.25, 0.3) is 0 Å². The van der Waals surface area contributed by atoms with E-state index in [-0.39, 0.29) is 17.1 Å². The van der Waals surface area contributed by atoms with Gasteiger partial charge >= 0.3 is 0 Å². The van der Waals surface area contributed by atoms with Crippen LogP contribution in [-0.2, 0) is 4.79 Å². The van der Waals surface area contributed by atoms with Gasteiger partial charge in [0.15, 0.2) is 11.4 Å². The third-order valence-electron chi connectivity index (χ3n) is 8.35. The number of nitriles is 1. The van der Waals surface area contributed by atoms with Gasteiger partial charge in [0.1, 0.15) is 6.07 Å². The summed E-state index contributed by atoms with van der Waals surface area (Å²) in [6, 6.07) is 2.05. The van der Waals surface area contributed by atoms with E-state index in [0.29, 0.717) is 24.7 Å². The molecule has 0 aliphatic heterocycles. The third kappa shape index (κ3) is 1.78. The van der Waals surface area contributed by atoms with Crippen molar-refractivity contribution >= 4 is 5.78 Å². The highest BCUT2D eigenvalue weighted by atomic mass is 16.3. The molecular formula is C20H27NO3. The minimum Gasteiger partial charge on any atom is -0.389 e. The Labute approximate surface area is 143 Å². The maximum Gasteiger partial charge on any atom is 0.182 e. The first-order valence-corrected chi connectivity index (χ1v) is 9.32. The van der Waals surface area contributed by atoms with E-state index in [9.17, 15) is 20.3 Å². The molecule has 130 valence electrons. The summed E-state index contributed by atoms with van der Waals surface area (Å²) >= 11 is 0. The van der Waals surface area contributed by atoms with Crippen LogP contribution in [0.2, 0.25) is 0 Å². The summed E-state index contributed by atoms with van der Waals surface area (Å²) in [6.45, 7) is 4.32. The molecule has 0 amide bonds. The highest BCUT2D eigenvalue weighted by Gasteiger charge is 2.67. The number of ketones is 1. The molecule has 0 aromatic carbocycles. The average Bonchev–Trinajstić information content (AvgIpc) is 2.76. The van der Waals surface area contributed by atoms with Gasteiger partial charge in [-0.2, -0.15) is 5.26 Å². The molecule has 4 rings (SSSR count). The molecule has 0 spiro atoms. The van der Waals surface area contributed by atoms with Gasteiger partial charge in [-0.15, -0.1) is 0 Å². The summed E-state index contributed by atoms with van der Waals surface area (Å²) in [5.41, 5.74) is -0.749. The minimum absolute atomic E-state index is 0.0798. The number of aliphatic hydroxyl groups excluding tert-OH is 1. The summed E-state index contributed by atoms with van der Waals surface area (Å²) in [5, 5.41) is 30.9.